The molecule has 0 aromatic rings. The zero-order valence-corrected chi connectivity index (χ0v) is 3.94. The number of carbonyl (C=O) groups is 1. The lowest BCUT2D eigenvalue weighted by Gasteiger charge is -1.95. The van der Waals surface area contributed by atoms with E-state index < -0.39 is 6.09 Å². The van der Waals surface area contributed by atoms with Gasteiger partial charge in [0.15, 0.2) is 0 Å². The highest BCUT2D eigenvalue weighted by molar-refractivity contribution is 6.19. The van der Waals surface area contributed by atoms with E-state index in [0.717, 1.165) is 0 Å². The molecule has 0 fully saturated rings. The molecule has 0 spiro atoms. The molecule has 0 aliphatic rings. The normalized spacial score (nSPS) is 7.67. The Morgan fingerprint density at radius 3 is 2.17 bits per heavy atom. The summed E-state index contributed by atoms with van der Waals surface area (Å²) in [5.41, 5.74) is 0. The lowest BCUT2D eigenvalue weighted by atomic mass is 11.1. The first-order valence-electron chi connectivity index (χ1n) is 1.27. The molecule has 6 heavy (non-hydrogen) atoms. The third kappa shape index (κ3) is 1.84. The van der Waals surface area contributed by atoms with E-state index >= 15 is 0 Å². The van der Waals surface area contributed by atoms with Crippen molar-refractivity contribution in [2.24, 2.45) is 0 Å². The molecule has 0 unspecified atom stereocenters. The van der Waals surface area contributed by atoms with E-state index in [4.69, 9.17) is 16.9 Å². The minimum absolute atomic E-state index is 0.556. The van der Waals surface area contributed by atoms with Crippen LogP contribution in [0.15, 0.2) is 0 Å². The van der Waals surface area contributed by atoms with Crippen LogP contribution in [0, 0.1) is 0 Å². The van der Waals surface area contributed by atoms with Crippen molar-refractivity contribution in [1.29, 1.82) is 0 Å². The first-order valence-corrected chi connectivity index (χ1v) is 1.61. The molecular formula is C2H4ClNO2. The van der Waals surface area contributed by atoms with E-state index in [1.807, 2.05) is 0 Å². The Balaban J connectivity index is 3.26. The molecule has 0 atom stereocenters. The Hall–Kier alpha value is -0.440. The van der Waals surface area contributed by atoms with Gasteiger partial charge in [-0.25, -0.2) is 9.21 Å². The minimum Gasteiger partial charge on any atom is -0.464 e. The fourth-order valence-corrected chi connectivity index (χ4v) is 0. The molecule has 0 rings (SSSR count). The first kappa shape index (κ1) is 5.56. The molecule has 3 nitrogen and oxygen atoms in total. The predicted octanol–water partition coefficient (Wildman–Crippen LogP) is 0.750. The van der Waals surface area contributed by atoms with Gasteiger partial charge >= 0.3 is 6.09 Å². The number of halogens is 1. The molecule has 1 amide bonds. The van der Waals surface area contributed by atoms with Crippen molar-refractivity contribution in [2.45, 2.75) is 0 Å². The van der Waals surface area contributed by atoms with Gasteiger partial charge in [-0.15, -0.1) is 0 Å². The second kappa shape index (κ2) is 1.87. The van der Waals surface area contributed by atoms with Crippen LogP contribution < -0.4 is 0 Å². The largest absolute Gasteiger partial charge is 0.464 e. The Morgan fingerprint density at radius 1 is 2.00 bits per heavy atom. The summed E-state index contributed by atoms with van der Waals surface area (Å²) in [7, 11) is 1.24. The van der Waals surface area contributed by atoms with Gasteiger partial charge < -0.3 is 5.11 Å². The van der Waals surface area contributed by atoms with Crippen LogP contribution in [0.3, 0.4) is 0 Å². The summed E-state index contributed by atoms with van der Waals surface area (Å²) in [5.74, 6) is 0. The lowest BCUT2D eigenvalue weighted by molar-refractivity contribution is 0.179. The maximum absolute atomic E-state index is 9.49. The van der Waals surface area contributed by atoms with Gasteiger partial charge in [-0.05, 0) is 0 Å². The van der Waals surface area contributed by atoms with Crippen molar-refractivity contribution in [2.75, 3.05) is 7.05 Å². The summed E-state index contributed by atoms with van der Waals surface area (Å²) in [6, 6.07) is 0. The number of hydrogen-bond donors (Lipinski definition) is 1. The van der Waals surface area contributed by atoms with Gasteiger partial charge in [0.2, 0.25) is 0 Å². The highest BCUT2D eigenvalue weighted by Crippen LogP contribution is 1.84. The van der Waals surface area contributed by atoms with Crippen molar-refractivity contribution in [1.82, 2.24) is 4.42 Å². The summed E-state index contributed by atoms with van der Waals surface area (Å²) in [6.45, 7) is 0. The summed E-state index contributed by atoms with van der Waals surface area (Å²) >= 11 is 4.85. The number of hydrogen-bond acceptors (Lipinski definition) is 1. The van der Waals surface area contributed by atoms with Crippen LogP contribution in [0.5, 0.6) is 0 Å². The fourth-order valence-electron chi connectivity index (χ4n) is 0. The van der Waals surface area contributed by atoms with Gasteiger partial charge in [-0.2, -0.15) is 0 Å². The zero-order chi connectivity index (χ0) is 5.15. The molecule has 0 bridgehead atoms. The van der Waals surface area contributed by atoms with E-state index in [1.54, 1.807) is 0 Å². The van der Waals surface area contributed by atoms with Crippen LogP contribution in [0.1, 0.15) is 0 Å². The molecule has 0 saturated carbocycles. The quantitative estimate of drug-likeness (QED) is 0.467. The molecule has 0 aliphatic heterocycles. The third-order valence-electron chi connectivity index (χ3n) is 0.264. The Morgan fingerprint density at radius 2 is 2.17 bits per heavy atom. The second-order valence-electron chi connectivity index (χ2n) is 0.760. The van der Waals surface area contributed by atoms with Gasteiger partial charge in [0.05, 0.1) is 0 Å². The summed E-state index contributed by atoms with van der Waals surface area (Å²) in [6.07, 6.45) is -1.14. The highest BCUT2D eigenvalue weighted by atomic mass is 35.5. The second-order valence-corrected chi connectivity index (χ2v) is 1.27. The van der Waals surface area contributed by atoms with E-state index in [9.17, 15) is 4.79 Å². The van der Waals surface area contributed by atoms with Crippen LogP contribution in [-0.2, 0) is 0 Å². The monoisotopic (exact) mass is 109 g/mol. The van der Waals surface area contributed by atoms with Gasteiger partial charge in [0.25, 0.3) is 0 Å². The maximum atomic E-state index is 9.49. The van der Waals surface area contributed by atoms with E-state index in [1.165, 1.54) is 7.05 Å². The minimum atomic E-state index is -1.14. The summed E-state index contributed by atoms with van der Waals surface area (Å²) < 4.78 is 0.556. The van der Waals surface area contributed by atoms with Gasteiger partial charge in [-0.3, -0.25) is 0 Å². The topological polar surface area (TPSA) is 40.5 Å². The molecule has 0 radical (unpaired) electrons. The molecule has 4 heteroatoms. The zero-order valence-electron chi connectivity index (χ0n) is 3.18. The summed E-state index contributed by atoms with van der Waals surface area (Å²) in [4.78, 5) is 9.49. The van der Waals surface area contributed by atoms with Crippen LogP contribution >= 0.6 is 11.8 Å². The molecule has 36 valence electrons. The maximum Gasteiger partial charge on any atom is 0.421 e. The van der Waals surface area contributed by atoms with Crippen molar-refractivity contribution < 1.29 is 9.90 Å². The Kier molecular flexibility index (Phi) is 1.73. The van der Waals surface area contributed by atoms with Gasteiger partial charge in [0, 0.05) is 18.8 Å². The van der Waals surface area contributed by atoms with Crippen LogP contribution in [0.4, 0.5) is 4.79 Å². The predicted molar refractivity (Wildman–Crippen MR) is 21.6 cm³/mol. The highest BCUT2D eigenvalue weighted by Gasteiger charge is 1.95. The van der Waals surface area contributed by atoms with Crippen molar-refractivity contribution in [3.63, 3.8) is 0 Å². The molecular weight excluding hydrogens is 105 g/mol. The van der Waals surface area contributed by atoms with E-state index in [-0.39, 0.29) is 0 Å². The van der Waals surface area contributed by atoms with Crippen LogP contribution in [0.2, 0.25) is 0 Å². The van der Waals surface area contributed by atoms with Crippen molar-refractivity contribution >= 4 is 17.9 Å². The molecule has 1 N–H and O–H groups in total. The van der Waals surface area contributed by atoms with Crippen LogP contribution in [-0.4, -0.2) is 22.7 Å². The molecule has 0 aromatic heterocycles. The lowest BCUT2D eigenvalue weighted by Crippen LogP contribution is -2.11. The van der Waals surface area contributed by atoms with E-state index in [2.05, 4.69) is 0 Å². The standard InChI is InChI=1S/C2H4ClNO2/c1-4(3)2(5)6/h1H3,(H,5,6). The molecule has 0 saturated heterocycles. The Bertz CT molecular complexity index is 62.6. The smallest absolute Gasteiger partial charge is 0.421 e. The number of nitrogens with zero attached hydrogens (tertiary/aromatic N) is 1. The van der Waals surface area contributed by atoms with Gasteiger partial charge in [-0.1, -0.05) is 0 Å². The van der Waals surface area contributed by atoms with E-state index in [0.29, 0.717) is 4.42 Å². The Labute approximate surface area is 40.2 Å². The number of carboxylic acid groups (broad SMARTS) is 1. The van der Waals surface area contributed by atoms with Crippen LogP contribution in [0.25, 0.3) is 0 Å². The van der Waals surface area contributed by atoms with Gasteiger partial charge in [0.1, 0.15) is 0 Å². The number of amides is 1. The number of rotatable bonds is 0. The average Bonchev–Trinajstić information content (AvgIpc) is 1.36. The first-order chi connectivity index (χ1) is 2.64. The molecule has 0 aliphatic carbocycles. The average molecular weight is 110 g/mol. The van der Waals surface area contributed by atoms with Crippen molar-refractivity contribution in [3.05, 3.63) is 0 Å². The summed E-state index contributed by atoms with van der Waals surface area (Å²) in [5, 5.41) is 7.78. The third-order valence-corrected chi connectivity index (χ3v) is 0.408. The molecule has 0 heterocycles. The molecule has 0 aromatic carbocycles. The van der Waals surface area contributed by atoms with Crippen molar-refractivity contribution in [3.8, 4) is 0 Å². The fraction of sp³-hybridized carbons (Fsp3) is 0.500. The SMILES string of the molecule is CN(Cl)C(=O)O.